The smallest absolute Gasteiger partial charge is 0.170 e. The van der Waals surface area contributed by atoms with Gasteiger partial charge in [0.1, 0.15) is 5.82 Å². The van der Waals surface area contributed by atoms with E-state index in [4.69, 9.17) is 10.9 Å². The molecule has 0 aliphatic heterocycles. The van der Waals surface area contributed by atoms with E-state index < -0.39 is 17.5 Å². The lowest BCUT2D eigenvalue weighted by atomic mass is 10.1. The lowest BCUT2D eigenvalue weighted by Gasteiger charge is -2.11. The van der Waals surface area contributed by atoms with Crippen molar-refractivity contribution in [3.05, 3.63) is 65.0 Å². The molecule has 0 saturated carbocycles. The van der Waals surface area contributed by atoms with Crippen LogP contribution in [0, 0.1) is 17.5 Å². The Morgan fingerprint density at radius 2 is 1.76 bits per heavy atom. The number of amidine groups is 1. The fraction of sp³-hybridized carbons (Fsp3) is 0.0714. The topological polar surface area (TPSA) is 70.6 Å². The molecule has 21 heavy (non-hydrogen) atoms. The molecule has 0 aromatic heterocycles. The zero-order valence-corrected chi connectivity index (χ0v) is 10.8. The summed E-state index contributed by atoms with van der Waals surface area (Å²) in [7, 11) is 0. The van der Waals surface area contributed by atoms with Gasteiger partial charge in [-0.15, -0.1) is 0 Å². The summed E-state index contributed by atoms with van der Waals surface area (Å²) in [4.78, 5) is 0. The fourth-order valence-corrected chi connectivity index (χ4v) is 1.83. The van der Waals surface area contributed by atoms with Crippen molar-refractivity contribution in [2.75, 3.05) is 5.32 Å². The van der Waals surface area contributed by atoms with Crippen LogP contribution < -0.4 is 11.1 Å². The molecule has 0 unspecified atom stereocenters. The van der Waals surface area contributed by atoms with E-state index in [0.717, 1.165) is 6.07 Å². The Labute approximate surface area is 118 Å². The summed E-state index contributed by atoms with van der Waals surface area (Å²) in [5.74, 6) is -3.41. The first-order chi connectivity index (χ1) is 10.0. The van der Waals surface area contributed by atoms with E-state index >= 15 is 0 Å². The highest BCUT2D eigenvalue weighted by Crippen LogP contribution is 2.20. The zero-order chi connectivity index (χ0) is 15.4. The molecule has 0 bridgehead atoms. The van der Waals surface area contributed by atoms with Crippen LogP contribution in [-0.4, -0.2) is 11.0 Å². The molecular formula is C14H12F3N3O. The van der Waals surface area contributed by atoms with E-state index in [9.17, 15) is 13.2 Å². The minimum atomic E-state index is -1.25. The number of oxime groups is 1. The molecule has 0 atom stereocenters. The number of halogens is 3. The summed E-state index contributed by atoms with van der Waals surface area (Å²) in [6, 6.07) is 7.90. The Hall–Kier alpha value is -2.70. The first-order valence-electron chi connectivity index (χ1n) is 5.97. The van der Waals surface area contributed by atoms with Crippen molar-refractivity contribution in [3.8, 4) is 0 Å². The van der Waals surface area contributed by atoms with E-state index in [1.807, 2.05) is 0 Å². The highest BCUT2D eigenvalue weighted by molar-refractivity contribution is 5.98. The molecule has 4 N–H and O–H groups in total. The highest BCUT2D eigenvalue weighted by Gasteiger charge is 2.11. The Morgan fingerprint density at radius 3 is 2.48 bits per heavy atom. The number of hydrogen-bond acceptors (Lipinski definition) is 3. The maximum absolute atomic E-state index is 13.5. The minimum absolute atomic E-state index is 0.0917. The Bertz CT molecular complexity index is 689. The van der Waals surface area contributed by atoms with Crippen LogP contribution in [-0.2, 0) is 6.54 Å². The van der Waals surface area contributed by atoms with Crippen LogP contribution in [0.3, 0.4) is 0 Å². The molecule has 0 aliphatic carbocycles. The molecular weight excluding hydrogens is 283 g/mol. The molecule has 4 nitrogen and oxygen atoms in total. The molecule has 0 saturated heterocycles. The van der Waals surface area contributed by atoms with Crippen molar-refractivity contribution in [2.45, 2.75) is 6.54 Å². The number of anilines is 1. The van der Waals surface area contributed by atoms with Gasteiger partial charge in [0, 0.05) is 24.2 Å². The van der Waals surface area contributed by atoms with Crippen LogP contribution in [0.25, 0.3) is 0 Å². The van der Waals surface area contributed by atoms with Crippen molar-refractivity contribution in [3.63, 3.8) is 0 Å². The third kappa shape index (κ3) is 3.25. The number of nitrogens with one attached hydrogen (secondary N) is 1. The molecule has 2 aromatic carbocycles. The van der Waals surface area contributed by atoms with E-state index in [2.05, 4.69) is 10.5 Å². The molecule has 2 aromatic rings. The summed E-state index contributed by atoms with van der Waals surface area (Å²) in [6.07, 6.45) is 0. The Kier molecular flexibility index (Phi) is 4.32. The minimum Gasteiger partial charge on any atom is -0.409 e. The standard InChI is InChI=1S/C14H12F3N3O/c15-10-5-12(17)13(6-11(10)16)19-7-8-3-1-2-4-9(8)14(18)20-21/h1-6,19,21H,7H2,(H2,18,20). The number of nitrogens with zero attached hydrogens (tertiary/aromatic N) is 1. The van der Waals surface area contributed by atoms with Gasteiger partial charge < -0.3 is 16.3 Å². The van der Waals surface area contributed by atoms with Crippen molar-refractivity contribution in [2.24, 2.45) is 10.9 Å². The molecule has 0 spiro atoms. The van der Waals surface area contributed by atoms with Crippen molar-refractivity contribution in [1.29, 1.82) is 0 Å². The average molecular weight is 295 g/mol. The summed E-state index contributed by atoms with van der Waals surface area (Å²) in [6.45, 7) is 0.0917. The van der Waals surface area contributed by atoms with Crippen LogP contribution in [0.1, 0.15) is 11.1 Å². The van der Waals surface area contributed by atoms with Crippen LogP contribution in [0.4, 0.5) is 18.9 Å². The van der Waals surface area contributed by atoms with E-state index in [0.29, 0.717) is 17.2 Å². The monoisotopic (exact) mass is 295 g/mol. The third-order valence-corrected chi connectivity index (χ3v) is 2.88. The predicted molar refractivity (Wildman–Crippen MR) is 72.6 cm³/mol. The Morgan fingerprint density at radius 1 is 1.10 bits per heavy atom. The van der Waals surface area contributed by atoms with E-state index in [1.54, 1.807) is 24.3 Å². The number of nitrogens with two attached hydrogens (primary N) is 1. The van der Waals surface area contributed by atoms with Crippen LogP contribution in [0.5, 0.6) is 0 Å². The SMILES string of the molecule is NC(=NO)c1ccccc1CNc1cc(F)c(F)cc1F. The highest BCUT2D eigenvalue weighted by atomic mass is 19.2. The van der Waals surface area contributed by atoms with Gasteiger partial charge in [-0.2, -0.15) is 0 Å². The first kappa shape index (κ1) is 14.7. The largest absolute Gasteiger partial charge is 0.409 e. The van der Waals surface area contributed by atoms with Gasteiger partial charge >= 0.3 is 0 Å². The molecule has 0 heterocycles. The molecule has 0 amide bonds. The van der Waals surface area contributed by atoms with Gasteiger partial charge in [0.15, 0.2) is 17.5 Å². The lowest BCUT2D eigenvalue weighted by Crippen LogP contribution is -2.17. The second kappa shape index (κ2) is 6.17. The normalized spacial score (nSPS) is 11.5. The maximum Gasteiger partial charge on any atom is 0.170 e. The molecule has 0 fully saturated rings. The number of rotatable bonds is 4. The summed E-state index contributed by atoms with van der Waals surface area (Å²) in [5, 5.41) is 14.2. The van der Waals surface area contributed by atoms with Crippen molar-refractivity contribution in [1.82, 2.24) is 0 Å². The number of benzene rings is 2. The molecule has 2 rings (SSSR count). The van der Waals surface area contributed by atoms with Crippen LogP contribution >= 0.6 is 0 Å². The Balaban J connectivity index is 2.23. The first-order valence-corrected chi connectivity index (χ1v) is 5.97. The van der Waals surface area contributed by atoms with Gasteiger partial charge in [-0.05, 0) is 5.56 Å². The molecule has 0 radical (unpaired) electrons. The average Bonchev–Trinajstić information content (AvgIpc) is 2.49. The summed E-state index contributed by atoms with van der Waals surface area (Å²) >= 11 is 0. The molecule has 110 valence electrons. The van der Waals surface area contributed by atoms with Gasteiger partial charge in [0.05, 0.1) is 5.69 Å². The maximum atomic E-state index is 13.5. The quantitative estimate of drug-likeness (QED) is 0.267. The third-order valence-electron chi connectivity index (χ3n) is 2.88. The van der Waals surface area contributed by atoms with Crippen molar-refractivity contribution >= 4 is 11.5 Å². The molecule has 0 aliphatic rings. The second-order valence-corrected chi connectivity index (χ2v) is 4.24. The number of hydrogen-bond donors (Lipinski definition) is 3. The second-order valence-electron chi connectivity index (χ2n) is 4.24. The van der Waals surface area contributed by atoms with Gasteiger partial charge in [-0.3, -0.25) is 0 Å². The summed E-state index contributed by atoms with van der Waals surface area (Å²) in [5.41, 5.74) is 6.41. The van der Waals surface area contributed by atoms with Gasteiger partial charge in [0.25, 0.3) is 0 Å². The molecule has 7 heteroatoms. The zero-order valence-electron chi connectivity index (χ0n) is 10.8. The van der Waals surface area contributed by atoms with Gasteiger partial charge in [-0.1, -0.05) is 29.4 Å². The fourth-order valence-electron chi connectivity index (χ4n) is 1.83. The predicted octanol–water partition coefficient (Wildman–Crippen LogP) is 2.81. The lowest BCUT2D eigenvalue weighted by molar-refractivity contribution is 0.318. The van der Waals surface area contributed by atoms with Crippen LogP contribution in [0.15, 0.2) is 41.6 Å². The van der Waals surface area contributed by atoms with E-state index in [1.165, 1.54) is 0 Å². The summed E-state index contributed by atoms with van der Waals surface area (Å²) < 4.78 is 39.4. The van der Waals surface area contributed by atoms with Gasteiger partial charge in [0.2, 0.25) is 0 Å². The van der Waals surface area contributed by atoms with Crippen molar-refractivity contribution < 1.29 is 18.4 Å². The van der Waals surface area contributed by atoms with Crippen LogP contribution in [0.2, 0.25) is 0 Å². The van der Waals surface area contributed by atoms with E-state index in [-0.39, 0.29) is 18.1 Å². The van der Waals surface area contributed by atoms with Gasteiger partial charge in [-0.25, -0.2) is 13.2 Å².